The van der Waals surface area contributed by atoms with Crippen LogP contribution in [0.25, 0.3) is 0 Å². The summed E-state index contributed by atoms with van der Waals surface area (Å²) in [6.07, 6.45) is 8.35. The van der Waals surface area contributed by atoms with Crippen molar-refractivity contribution in [2.45, 2.75) is 83.3 Å². The molecule has 0 aromatic rings. The molecule has 0 spiro atoms. The van der Waals surface area contributed by atoms with Crippen molar-refractivity contribution < 1.29 is 8.42 Å². The second-order valence-corrected chi connectivity index (χ2v) is 8.11. The molecule has 2 unspecified atom stereocenters. The second-order valence-electron chi connectivity index (χ2n) is 6.46. The van der Waals surface area contributed by atoms with E-state index in [1.807, 2.05) is 6.92 Å². The molecule has 2 atom stereocenters. The Labute approximate surface area is 130 Å². The monoisotopic (exact) mass is 317 g/mol. The second kappa shape index (κ2) is 7.90. The zero-order valence-corrected chi connectivity index (χ0v) is 14.3. The van der Waals surface area contributed by atoms with Gasteiger partial charge in [0, 0.05) is 31.2 Å². The van der Waals surface area contributed by atoms with Gasteiger partial charge in [-0.1, -0.05) is 26.7 Å². The molecule has 21 heavy (non-hydrogen) atoms. The minimum absolute atomic E-state index is 0.0685. The Bertz CT molecular complexity index is 409. The number of rotatable bonds is 9. The van der Waals surface area contributed by atoms with Gasteiger partial charge >= 0.3 is 0 Å². The third-order valence-electron chi connectivity index (χ3n) is 4.55. The summed E-state index contributed by atoms with van der Waals surface area (Å²) in [4.78, 5) is 0. The Morgan fingerprint density at radius 1 is 1.19 bits per heavy atom. The van der Waals surface area contributed by atoms with Crippen LogP contribution in [0.4, 0.5) is 0 Å². The molecule has 1 aliphatic heterocycles. The first-order valence-electron chi connectivity index (χ1n) is 8.59. The first kappa shape index (κ1) is 17.2. The van der Waals surface area contributed by atoms with Crippen LogP contribution in [-0.4, -0.2) is 43.9 Å². The van der Waals surface area contributed by atoms with Crippen molar-refractivity contribution in [3.8, 4) is 0 Å². The third-order valence-corrected chi connectivity index (χ3v) is 6.28. The third kappa shape index (κ3) is 5.20. The van der Waals surface area contributed by atoms with Gasteiger partial charge in [0.15, 0.2) is 0 Å². The van der Waals surface area contributed by atoms with E-state index in [9.17, 15) is 8.42 Å². The Morgan fingerprint density at radius 3 is 2.57 bits per heavy atom. The van der Waals surface area contributed by atoms with E-state index in [1.54, 1.807) is 4.31 Å². The molecular weight excluding hydrogens is 286 g/mol. The molecule has 2 fully saturated rings. The van der Waals surface area contributed by atoms with Gasteiger partial charge < -0.3 is 5.32 Å². The van der Waals surface area contributed by atoms with Crippen molar-refractivity contribution in [1.82, 2.24) is 14.3 Å². The van der Waals surface area contributed by atoms with Crippen molar-refractivity contribution in [1.29, 1.82) is 0 Å². The van der Waals surface area contributed by atoms with E-state index in [-0.39, 0.29) is 12.1 Å². The molecule has 2 N–H and O–H groups in total. The highest BCUT2D eigenvalue weighted by Gasteiger charge is 2.34. The first-order chi connectivity index (χ1) is 10.1. The van der Waals surface area contributed by atoms with Crippen molar-refractivity contribution in [3.63, 3.8) is 0 Å². The van der Waals surface area contributed by atoms with Gasteiger partial charge in [-0.05, 0) is 38.5 Å². The summed E-state index contributed by atoms with van der Waals surface area (Å²) in [5.74, 6) is 0. The van der Waals surface area contributed by atoms with Gasteiger partial charge in [0.05, 0.1) is 0 Å². The van der Waals surface area contributed by atoms with Crippen LogP contribution < -0.4 is 10.0 Å². The molecule has 2 rings (SSSR count). The van der Waals surface area contributed by atoms with Gasteiger partial charge in [-0.2, -0.15) is 17.4 Å². The highest BCUT2D eigenvalue weighted by atomic mass is 32.2. The summed E-state index contributed by atoms with van der Waals surface area (Å²) in [6.45, 7) is 5.61. The van der Waals surface area contributed by atoms with Crippen LogP contribution in [0.1, 0.15) is 65.2 Å². The quantitative estimate of drug-likeness (QED) is 0.684. The molecule has 124 valence electrons. The summed E-state index contributed by atoms with van der Waals surface area (Å²) in [5, 5.41) is 3.49. The van der Waals surface area contributed by atoms with E-state index in [1.165, 1.54) is 12.8 Å². The summed E-state index contributed by atoms with van der Waals surface area (Å²) in [6, 6.07) is 0.822. The highest BCUT2D eigenvalue weighted by Crippen LogP contribution is 2.23. The molecule has 1 heterocycles. The van der Waals surface area contributed by atoms with E-state index >= 15 is 0 Å². The molecule has 0 aromatic carbocycles. The van der Waals surface area contributed by atoms with Crippen molar-refractivity contribution in [2.24, 2.45) is 0 Å². The van der Waals surface area contributed by atoms with Crippen LogP contribution >= 0.6 is 0 Å². The maximum Gasteiger partial charge on any atom is 0.279 e. The first-order valence-corrected chi connectivity index (χ1v) is 10.0. The standard InChI is InChI=1S/C15H31N3O2S/c1-3-7-13(4-2)17-21(19,20)18-11-6-5-8-15(18)12-16-14-9-10-14/h13-17H,3-12H2,1-2H3. The van der Waals surface area contributed by atoms with Gasteiger partial charge in [0.2, 0.25) is 0 Å². The van der Waals surface area contributed by atoms with E-state index in [0.29, 0.717) is 12.6 Å². The van der Waals surface area contributed by atoms with E-state index in [4.69, 9.17) is 0 Å². The fourth-order valence-corrected chi connectivity index (χ4v) is 4.84. The SMILES string of the molecule is CCCC(CC)NS(=O)(=O)N1CCCCC1CNC1CC1. The minimum Gasteiger partial charge on any atom is -0.312 e. The molecule has 0 amide bonds. The summed E-state index contributed by atoms with van der Waals surface area (Å²) in [5.41, 5.74) is 0. The molecule has 6 heteroatoms. The minimum atomic E-state index is -3.35. The maximum absolute atomic E-state index is 12.7. The van der Waals surface area contributed by atoms with Crippen LogP contribution in [0.2, 0.25) is 0 Å². The summed E-state index contributed by atoms with van der Waals surface area (Å²) >= 11 is 0. The number of nitrogens with zero attached hydrogens (tertiary/aromatic N) is 1. The van der Waals surface area contributed by atoms with Crippen LogP contribution in [0.3, 0.4) is 0 Å². The fraction of sp³-hybridized carbons (Fsp3) is 1.00. The summed E-state index contributed by atoms with van der Waals surface area (Å²) in [7, 11) is -3.35. The molecule has 1 saturated heterocycles. The number of nitrogens with one attached hydrogen (secondary N) is 2. The predicted molar refractivity (Wildman–Crippen MR) is 86.4 cm³/mol. The average molecular weight is 317 g/mol. The van der Waals surface area contributed by atoms with Gasteiger partial charge in [-0.3, -0.25) is 0 Å². The number of hydrogen-bond acceptors (Lipinski definition) is 3. The normalized spacial score (nSPS) is 25.9. The van der Waals surface area contributed by atoms with Crippen molar-refractivity contribution in [2.75, 3.05) is 13.1 Å². The van der Waals surface area contributed by atoms with Crippen LogP contribution in [-0.2, 0) is 10.2 Å². The fourth-order valence-electron chi connectivity index (χ4n) is 3.06. The molecule has 5 nitrogen and oxygen atoms in total. The Balaban J connectivity index is 1.96. The lowest BCUT2D eigenvalue weighted by Gasteiger charge is -2.35. The van der Waals surface area contributed by atoms with Crippen molar-refractivity contribution >= 4 is 10.2 Å². The lowest BCUT2D eigenvalue weighted by atomic mass is 10.1. The zero-order chi connectivity index (χ0) is 15.3. The number of hydrogen-bond donors (Lipinski definition) is 2. The van der Waals surface area contributed by atoms with Crippen LogP contribution in [0.15, 0.2) is 0 Å². The number of piperidine rings is 1. The van der Waals surface area contributed by atoms with E-state index < -0.39 is 10.2 Å². The molecule has 1 saturated carbocycles. The van der Waals surface area contributed by atoms with Gasteiger partial charge in [0.25, 0.3) is 10.2 Å². The molecule has 0 aromatic heterocycles. The molecule has 2 aliphatic rings. The smallest absolute Gasteiger partial charge is 0.279 e. The van der Waals surface area contributed by atoms with E-state index in [2.05, 4.69) is 17.0 Å². The van der Waals surface area contributed by atoms with Crippen LogP contribution in [0, 0.1) is 0 Å². The van der Waals surface area contributed by atoms with Crippen LogP contribution in [0.5, 0.6) is 0 Å². The molecule has 0 bridgehead atoms. The lowest BCUT2D eigenvalue weighted by Crippen LogP contribution is -2.54. The highest BCUT2D eigenvalue weighted by molar-refractivity contribution is 7.87. The Hall–Kier alpha value is -0.170. The largest absolute Gasteiger partial charge is 0.312 e. The Morgan fingerprint density at radius 2 is 1.95 bits per heavy atom. The predicted octanol–water partition coefficient (Wildman–Crippen LogP) is 2.01. The van der Waals surface area contributed by atoms with Gasteiger partial charge in [-0.15, -0.1) is 0 Å². The topological polar surface area (TPSA) is 61.4 Å². The van der Waals surface area contributed by atoms with Gasteiger partial charge in [-0.25, -0.2) is 0 Å². The average Bonchev–Trinajstić information content (AvgIpc) is 3.29. The maximum atomic E-state index is 12.7. The Kier molecular flexibility index (Phi) is 6.47. The summed E-state index contributed by atoms with van der Waals surface area (Å²) < 4.78 is 30.0. The van der Waals surface area contributed by atoms with E-state index in [0.717, 1.165) is 45.1 Å². The lowest BCUT2D eigenvalue weighted by molar-refractivity contribution is 0.240. The van der Waals surface area contributed by atoms with Gasteiger partial charge in [0.1, 0.15) is 0 Å². The molecular formula is C15H31N3O2S. The van der Waals surface area contributed by atoms with Crippen molar-refractivity contribution in [3.05, 3.63) is 0 Å². The molecule has 0 radical (unpaired) electrons. The molecule has 1 aliphatic carbocycles. The zero-order valence-electron chi connectivity index (χ0n) is 13.5.